The van der Waals surface area contributed by atoms with Gasteiger partial charge in [0, 0.05) is 24.3 Å². The maximum atomic E-state index is 12.1. The number of halogens is 1. The number of alkyl halides is 1. The van der Waals surface area contributed by atoms with Crippen LogP contribution in [0.4, 0.5) is 0 Å². The predicted molar refractivity (Wildman–Crippen MR) is 87.2 cm³/mol. The normalized spacial score (nSPS) is 21.3. The van der Waals surface area contributed by atoms with Gasteiger partial charge in [-0.2, -0.15) is 0 Å². The lowest BCUT2D eigenvalue weighted by atomic mass is 9.79. The molecule has 3 heteroatoms. The van der Waals surface area contributed by atoms with Crippen LogP contribution < -0.4 is 0 Å². The Bertz CT molecular complexity index is 457. The molecule has 0 aliphatic carbocycles. The zero-order valence-electron chi connectivity index (χ0n) is 12.6. The average molecular weight is 338 g/mol. The fourth-order valence-corrected chi connectivity index (χ4v) is 3.63. The molecule has 1 aliphatic rings. The molecule has 0 radical (unpaired) electrons. The molecule has 110 valence electrons. The highest BCUT2D eigenvalue weighted by molar-refractivity contribution is 9.09. The van der Waals surface area contributed by atoms with Crippen molar-refractivity contribution in [3.8, 4) is 0 Å². The molecule has 1 amide bonds. The van der Waals surface area contributed by atoms with Gasteiger partial charge in [-0.3, -0.25) is 4.79 Å². The van der Waals surface area contributed by atoms with Gasteiger partial charge in [0.25, 0.3) is 0 Å². The molecular formula is C17H24BrNO. The summed E-state index contributed by atoms with van der Waals surface area (Å²) < 4.78 is 0. The maximum absolute atomic E-state index is 12.1. The molecule has 1 aromatic rings. The van der Waals surface area contributed by atoms with E-state index in [1.807, 2.05) is 6.07 Å². The van der Waals surface area contributed by atoms with E-state index in [4.69, 9.17) is 0 Å². The van der Waals surface area contributed by atoms with Crippen LogP contribution in [0.5, 0.6) is 0 Å². The molecule has 2 atom stereocenters. The average Bonchev–Trinajstić information content (AvgIpc) is 2.81. The van der Waals surface area contributed by atoms with Gasteiger partial charge >= 0.3 is 0 Å². The Morgan fingerprint density at radius 1 is 1.35 bits per heavy atom. The summed E-state index contributed by atoms with van der Waals surface area (Å²) in [6, 6.07) is 10.9. The van der Waals surface area contributed by atoms with Crippen LogP contribution in [-0.4, -0.2) is 28.7 Å². The van der Waals surface area contributed by atoms with E-state index in [2.05, 4.69) is 65.9 Å². The maximum Gasteiger partial charge on any atom is 0.223 e. The summed E-state index contributed by atoms with van der Waals surface area (Å²) in [5, 5.41) is 0.921. The fourth-order valence-electron chi connectivity index (χ4n) is 3.19. The number of benzene rings is 1. The van der Waals surface area contributed by atoms with Crippen molar-refractivity contribution in [2.75, 3.05) is 11.9 Å². The first-order chi connectivity index (χ1) is 9.44. The van der Waals surface area contributed by atoms with Crippen molar-refractivity contribution in [2.24, 2.45) is 5.92 Å². The van der Waals surface area contributed by atoms with E-state index in [9.17, 15) is 4.79 Å². The second-order valence-corrected chi connectivity index (χ2v) is 7.22. The molecule has 0 saturated carbocycles. The molecule has 1 aliphatic heterocycles. The van der Waals surface area contributed by atoms with Crippen molar-refractivity contribution >= 4 is 21.8 Å². The summed E-state index contributed by atoms with van der Waals surface area (Å²) in [4.78, 5) is 14.2. The Labute approximate surface area is 130 Å². The highest BCUT2D eigenvalue weighted by atomic mass is 79.9. The first-order valence-electron chi connectivity index (χ1n) is 7.35. The number of likely N-dealkylation sites (tertiary alicyclic amines) is 1. The van der Waals surface area contributed by atoms with Crippen LogP contribution >= 0.6 is 15.9 Å². The van der Waals surface area contributed by atoms with Crippen LogP contribution in [0.25, 0.3) is 0 Å². The first-order valence-corrected chi connectivity index (χ1v) is 8.47. The third-order valence-electron chi connectivity index (χ3n) is 4.35. The molecule has 0 aromatic heterocycles. The molecular weight excluding hydrogens is 314 g/mol. The van der Waals surface area contributed by atoms with Crippen LogP contribution in [0.3, 0.4) is 0 Å². The summed E-state index contributed by atoms with van der Waals surface area (Å²) in [5.41, 5.74) is 1.43. The largest absolute Gasteiger partial charge is 0.340 e. The third-order valence-corrected chi connectivity index (χ3v) is 5.27. The lowest BCUT2D eigenvalue weighted by Gasteiger charge is -2.33. The number of carbonyl (C=O) groups excluding carboxylic acids is 1. The topological polar surface area (TPSA) is 20.3 Å². The van der Waals surface area contributed by atoms with E-state index in [-0.39, 0.29) is 5.41 Å². The van der Waals surface area contributed by atoms with Gasteiger partial charge in [0.05, 0.1) is 0 Å². The van der Waals surface area contributed by atoms with Crippen LogP contribution in [0, 0.1) is 5.92 Å². The van der Waals surface area contributed by atoms with Gasteiger partial charge in [-0.05, 0) is 30.2 Å². The highest BCUT2D eigenvalue weighted by Gasteiger charge is 2.34. The monoisotopic (exact) mass is 337 g/mol. The van der Waals surface area contributed by atoms with Crippen molar-refractivity contribution in [2.45, 2.75) is 45.1 Å². The van der Waals surface area contributed by atoms with Gasteiger partial charge in [-0.1, -0.05) is 60.1 Å². The molecule has 1 aromatic carbocycles. The Morgan fingerprint density at radius 3 is 2.55 bits per heavy atom. The van der Waals surface area contributed by atoms with Crippen LogP contribution in [0.2, 0.25) is 0 Å². The Kier molecular flexibility index (Phi) is 4.90. The molecule has 0 bridgehead atoms. The number of carbonyl (C=O) groups is 1. The lowest BCUT2D eigenvalue weighted by molar-refractivity contribution is -0.129. The van der Waals surface area contributed by atoms with Crippen molar-refractivity contribution in [3.63, 3.8) is 0 Å². The van der Waals surface area contributed by atoms with Crippen molar-refractivity contribution < 1.29 is 4.79 Å². The smallest absolute Gasteiger partial charge is 0.223 e. The number of nitrogens with zero attached hydrogens (tertiary/aromatic N) is 1. The highest BCUT2D eigenvalue weighted by Crippen LogP contribution is 2.32. The number of hydrogen-bond acceptors (Lipinski definition) is 1. The molecule has 2 rings (SSSR count). The van der Waals surface area contributed by atoms with Crippen molar-refractivity contribution in [1.29, 1.82) is 0 Å². The summed E-state index contributed by atoms with van der Waals surface area (Å²) in [6.45, 7) is 7.61. The zero-order valence-corrected chi connectivity index (χ0v) is 14.2. The Balaban J connectivity index is 2.04. The second kappa shape index (κ2) is 6.30. The number of hydrogen-bond donors (Lipinski definition) is 0. The Hall–Kier alpha value is -0.830. The molecule has 0 spiro atoms. The molecule has 2 unspecified atom stereocenters. The number of amides is 1. The minimum Gasteiger partial charge on any atom is -0.340 e. The van der Waals surface area contributed by atoms with Crippen LogP contribution in [0.15, 0.2) is 30.3 Å². The van der Waals surface area contributed by atoms with E-state index < -0.39 is 0 Å². The molecule has 0 N–H and O–H groups in total. The summed E-state index contributed by atoms with van der Waals surface area (Å²) in [6.07, 6.45) is 1.69. The zero-order chi connectivity index (χ0) is 14.8. The first kappa shape index (κ1) is 15.6. The quantitative estimate of drug-likeness (QED) is 0.744. The summed E-state index contributed by atoms with van der Waals surface area (Å²) in [7, 11) is 0. The van der Waals surface area contributed by atoms with E-state index >= 15 is 0 Å². The minimum atomic E-state index is 0.0907. The summed E-state index contributed by atoms with van der Waals surface area (Å²) in [5.74, 6) is 0.788. The van der Waals surface area contributed by atoms with Gasteiger partial charge in [-0.25, -0.2) is 0 Å². The van der Waals surface area contributed by atoms with Crippen LogP contribution in [-0.2, 0) is 10.2 Å². The molecule has 1 saturated heterocycles. The third kappa shape index (κ3) is 3.43. The minimum absolute atomic E-state index is 0.0907. The fraction of sp³-hybridized carbons (Fsp3) is 0.588. The van der Waals surface area contributed by atoms with Gasteiger partial charge < -0.3 is 4.90 Å². The molecule has 20 heavy (non-hydrogen) atoms. The van der Waals surface area contributed by atoms with Crippen molar-refractivity contribution in [3.05, 3.63) is 35.9 Å². The van der Waals surface area contributed by atoms with Crippen molar-refractivity contribution in [1.82, 2.24) is 4.90 Å². The van der Waals surface area contributed by atoms with E-state index in [1.165, 1.54) is 5.56 Å². The van der Waals surface area contributed by atoms with Gasteiger partial charge in [0.2, 0.25) is 5.91 Å². The molecule has 1 heterocycles. The lowest BCUT2D eigenvalue weighted by Crippen LogP contribution is -2.38. The SMILES string of the molecule is CC(CC(C)(C)c1ccccc1)N1CC(CBr)CC1=O. The van der Waals surface area contributed by atoms with E-state index in [0.29, 0.717) is 24.3 Å². The van der Waals surface area contributed by atoms with Gasteiger partial charge in [-0.15, -0.1) is 0 Å². The molecule has 2 nitrogen and oxygen atoms in total. The van der Waals surface area contributed by atoms with E-state index in [0.717, 1.165) is 18.3 Å². The standard InChI is InChI=1S/C17H24BrNO/c1-13(19-12-14(11-18)9-16(19)20)10-17(2,3)15-7-5-4-6-8-15/h4-8,13-14H,9-12H2,1-3H3. The molecule has 1 fully saturated rings. The second-order valence-electron chi connectivity index (χ2n) is 6.57. The van der Waals surface area contributed by atoms with E-state index in [1.54, 1.807) is 0 Å². The Morgan fingerprint density at radius 2 is 2.00 bits per heavy atom. The number of rotatable bonds is 5. The van der Waals surface area contributed by atoms with Gasteiger partial charge in [0.15, 0.2) is 0 Å². The van der Waals surface area contributed by atoms with Crippen LogP contribution in [0.1, 0.15) is 39.2 Å². The summed E-state index contributed by atoms with van der Waals surface area (Å²) >= 11 is 3.50. The predicted octanol–water partition coefficient (Wildman–Crippen LogP) is 3.99. The van der Waals surface area contributed by atoms with Gasteiger partial charge in [0.1, 0.15) is 0 Å².